The van der Waals surface area contributed by atoms with Gasteiger partial charge in [0.1, 0.15) is 12.4 Å². The second-order valence-corrected chi connectivity index (χ2v) is 9.82. The molecule has 2 rings (SSSR count). The minimum absolute atomic E-state index is 0.121. The summed E-state index contributed by atoms with van der Waals surface area (Å²) < 4.78 is 59.8. The second kappa shape index (κ2) is 9.11. The van der Waals surface area contributed by atoms with E-state index in [1.54, 1.807) is 20.8 Å². The molecule has 11 heteroatoms. The second-order valence-electron chi connectivity index (χ2n) is 7.85. The van der Waals surface area contributed by atoms with E-state index in [1.807, 2.05) is 13.8 Å². The minimum atomic E-state index is -4.82. The zero-order valence-electron chi connectivity index (χ0n) is 16.6. The van der Waals surface area contributed by atoms with Crippen molar-refractivity contribution in [2.45, 2.75) is 64.1 Å². The third-order valence-corrected chi connectivity index (χ3v) is 6.16. The van der Waals surface area contributed by atoms with Crippen molar-refractivity contribution >= 4 is 34.3 Å². The van der Waals surface area contributed by atoms with Gasteiger partial charge in [-0.15, -0.1) is 23.3 Å². The molecule has 1 aromatic rings. The van der Waals surface area contributed by atoms with Crippen molar-refractivity contribution in [1.29, 1.82) is 0 Å². The molecule has 28 heavy (non-hydrogen) atoms. The van der Waals surface area contributed by atoms with Gasteiger partial charge < -0.3 is 9.84 Å². The normalized spacial score (nSPS) is 21.5. The van der Waals surface area contributed by atoms with Gasteiger partial charge in [0.2, 0.25) is 0 Å². The molecule has 2 heterocycles. The largest absolute Gasteiger partial charge is 0.489 e. The molecule has 5 nitrogen and oxygen atoms in total. The maximum atomic E-state index is 13.0. The fourth-order valence-corrected chi connectivity index (χ4v) is 3.81. The summed E-state index contributed by atoms with van der Waals surface area (Å²) in [6, 6.07) is 1.21. The number of nitrogens with zero attached hydrogens (tertiary/aromatic N) is 1. The fourth-order valence-electron chi connectivity index (χ4n) is 2.77. The van der Waals surface area contributed by atoms with E-state index in [9.17, 15) is 22.5 Å². The molecule has 0 aromatic carbocycles. The smallest absolute Gasteiger partial charge is 0.420 e. The van der Waals surface area contributed by atoms with Gasteiger partial charge in [-0.1, -0.05) is 13.8 Å². The molecular formula is C17H27F3N2O3S3. The summed E-state index contributed by atoms with van der Waals surface area (Å²) in [5.74, 6) is 0.239. The number of hydrogen-bond acceptors (Lipinski definition) is 6. The van der Waals surface area contributed by atoms with E-state index < -0.39 is 39.2 Å². The van der Waals surface area contributed by atoms with Crippen LogP contribution in [0.3, 0.4) is 0 Å². The quantitative estimate of drug-likeness (QED) is 0.404. The molecule has 0 fully saturated rings. The fraction of sp³-hybridized carbons (Fsp3) is 0.706. The molecule has 0 saturated carbocycles. The lowest BCUT2D eigenvalue weighted by molar-refractivity contribution is -0.208. The molecule has 0 aliphatic carbocycles. The average Bonchev–Trinajstić information content (AvgIpc) is 2.94. The summed E-state index contributed by atoms with van der Waals surface area (Å²) in [6.45, 7) is 10.8. The lowest BCUT2D eigenvalue weighted by Crippen LogP contribution is -2.52. The van der Waals surface area contributed by atoms with Crippen molar-refractivity contribution in [2.24, 2.45) is 5.92 Å². The molecule has 1 aliphatic heterocycles. The first-order valence-electron chi connectivity index (χ1n) is 8.49. The van der Waals surface area contributed by atoms with Crippen LogP contribution in [0.15, 0.2) is 6.07 Å². The summed E-state index contributed by atoms with van der Waals surface area (Å²) in [4.78, 5) is 3.87. The molecule has 1 aromatic heterocycles. The van der Waals surface area contributed by atoms with E-state index in [0.29, 0.717) is 11.3 Å². The van der Waals surface area contributed by atoms with Crippen molar-refractivity contribution in [3.8, 4) is 5.75 Å². The van der Waals surface area contributed by atoms with Crippen LogP contribution in [0.25, 0.3) is 0 Å². The van der Waals surface area contributed by atoms with E-state index >= 15 is 0 Å². The van der Waals surface area contributed by atoms with Crippen LogP contribution in [-0.4, -0.2) is 31.8 Å². The average molecular weight is 461 g/mol. The van der Waals surface area contributed by atoms with Crippen LogP contribution in [0.1, 0.15) is 57.7 Å². The first-order valence-corrected chi connectivity index (χ1v) is 11.2. The highest BCUT2D eigenvalue weighted by Gasteiger charge is 2.48. The monoisotopic (exact) mass is 460 g/mol. The van der Waals surface area contributed by atoms with Gasteiger partial charge in [-0.2, -0.15) is 13.2 Å². The highest BCUT2D eigenvalue weighted by molar-refractivity contribution is 8.59. The van der Waals surface area contributed by atoms with Crippen LogP contribution >= 0.6 is 23.3 Å². The molecule has 3 unspecified atom stereocenters. The lowest BCUT2D eigenvalue weighted by atomic mass is 9.82. The van der Waals surface area contributed by atoms with Crippen LogP contribution in [0.4, 0.5) is 13.2 Å². The highest BCUT2D eigenvalue weighted by Crippen LogP contribution is 2.45. The molecule has 0 amide bonds. The van der Waals surface area contributed by atoms with Crippen LogP contribution in [-0.2, 0) is 16.5 Å². The molecule has 0 radical (unpaired) electrons. The zero-order chi connectivity index (χ0) is 22.1. The number of pyridine rings is 1. The molecule has 0 saturated heterocycles. The Bertz CT molecular complexity index is 724. The van der Waals surface area contributed by atoms with Gasteiger partial charge >= 0.3 is 6.18 Å². The van der Waals surface area contributed by atoms with E-state index in [-0.39, 0.29) is 18.2 Å². The molecule has 0 bridgehead atoms. The first-order chi connectivity index (χ1) is 12.7. The maximum Gasteiger partial charge on any atom is 0.420 e. The predicted molar refractivity (Wildman–Crippen MR) is 111 cm³/mol. The topological polar surface area (TPSA) is 71.5 Å². The van der Waals surface area contributed by atoms with Crippen LogP contribution in [0.2, 0.25) is 0 Å². The lowest BCUT2D eigenvalue weighted by Gasteiger charge is -2.35. The summed E-state index contributed by atoms with van der Waals surface area (Å²) in [6.07, 6.45) is -7.51. The van der Waals surface area contributed by atoms with E-state index in [4.69, 9.17) is 4.74 Å². The number of aliphatic hydroxyl groups excluding tert-OH is 1. The number of aromatic nitrogens is 1. The number of fused-ring (bicyclic) bond motifs is 1. The Balaban J connectivity index is 0.00000190. The highest BCUT2D eigenvalue weighted by atomic mass is 33.1. The van der Waals surface area contributed by atoms with Crippen molar-refractivity contribution in [2.75, 3.05) is 6.61 Å². The van der Waals surface area contributed by atoms with E-state index in [0.717, 1.165) is 0 Å². The molecule has 1 aliphatic rings. The van der Waals surface area contributed by atoms with Gasteiger partial charge in [-0.25, -0.2) is 8.93 Å². The zero-order valence-corrected chi connectivity index (χ0v) is 19.2. The van der Waals surface area contributed by atoms with Gasteiger partial charge in [-0.05, 0) is 39.7 Å². The van der Waals surface area contributed by atoms with Crippen molar-refractivity contribution < 1.29 is 27.2 Å². The Labute approximate surface area is 176 Å². The number of ether oxygens (including phenoxy) is 1. The van der Waals surface area contributed by atoms with E-state index in [2.05, 4.69) is 33.0 Å². The number of alkyl halides is 3. The SMILES string of the molecule is Cc1nc(C(O)C(F)(F)F)cc2c1OCC2(NS(=O)C(C)(C)C)C(C)C.SS. The predicted octanol–water partition coefficient (Wildman–Crippen LogP) is 4.04. The van der Waals surface area contributed by atoms with Crippen molar-refractivity contribution in [1.82, 2.24) is 9.71 Å². The van der Waals surface area contributed by atoms with Gasteiger partial charge in [0.25, 0.3) is 0 Å². The Morgan fingerprint density at radius 1 is 1.32 bits per heavy atom. The van der Waals surface area contributed by atoms with Crippen molar-refractivity contribution in [3.63, 3.8) is 0 Å². The summed E-state index contributed by atoms with van der Waals surface area (Å²) >= 11 is 6.44. The van der Waals surface area contributed by atoms with Gasteiger partial charge in [0.15, 0.2) is 6.10 Å². The van der Waals surface area contributed by atoms with E-state index in [1.165, 1.54) is 13.0 Å². The third kappa shape index (κ3) is 5.16. The van der Waals surface area contributed by atoms with Gasteiger partial charge in [0, 0.05) is 5.56 Å². The molecule has 2 N–H and O–H groups in total. The Morgan fingerprint density at radius 3 is 2.29 bits per heavy atom. The Morgan fingerprint density at radius 2 is 1.86 bits per heavy atom. The number of halogens is 3. The summed E-state index contributed by atoms with van der Waals surface area (Å²) in [5, 5.41) is 9.62. The van der Waals surface area contributed by atoms with Crippen LogP contribution < -0.4 is 9.46 Å². The molecular weight excluding hydrogens is 433 g/mol. The minimum Gasteiger partial charge on any atom is -0.489 e. The van der Waals surface area contributed by atoms with Crippen LogP contribution in [0.5, 0.6) is 5.75 Å². The standard InChI is InChI=1S/C17H25F3N2O3S.H2S2/c1-9(2)16(22-26(24)15(4,5)6)8-25-13-10(3)21-12(7-11(13)16)14(23)17(18,19)20;1-2/h7,9,14,22-23H,8H2,1-6H3;1-2H. The summed E-state index contributed by atoms with van der Waals surface area (Å²) in [7, 11) is -1.47. The number of aryl methyl sites for hydroxylation is 1. The number of nitrogens with one attached hydrogen (secondary N) is 1. The third-order valence-electron chi connectivity index (χ3n) is 4.49. The summed E-state index contributed by atoms with van der Waals surface area (Å²) in [5.41, 5.74) is -0.739. The van der Waals surface area contributed by atoms with Crippen molar-refractivity contribution in [3.05, 3.63) is 23.0 Å². The van der Waals surface area contributed by atoms with Gasteiger partial charge in [0.05, 0.1) is 32.7 Å². The Kier molecular flexibility index (Phi) is 8.31. The number of aliphatic hydroxyl groups is 1. The first kappa shape index (κ1) is 25.5. The number of thiol groups is 2. The number of hydrogen-bond donors (Lipinski definition) is 4. The molecule has 3 atom stereocenters. The van der Waals surface area contributed by atoms with Gasteiger partial charge in [-0.3, -0.25) is 4.98 Å². The molecule has 162 valence electrons. The maximum absolute atomic E-state index is 13.0. The number of rotatable bonds is 4. The molecule has 0 spiro atoms. The Hall–Kier alpha value is -0.490. The van der Waals surface area contributed by atoms with Crippen LogP contribution in [0, 0.1) is 12.8 Å².